The fourth-order valence-electron chi connectivity index (χ4n) is 1.64. The smallest absolute Gasteiger partial charge is 0.159 e. The number of halogens is 1. The third kappa shape index (κ3) is 1.62. The molecule has 0 aromatic heterocycles. The lowest BCUT2D eigenvalue weighted by Crippen LogP contribution is -2.10. The van der Waals surface area contributed by atoms with Crippen LogP contribution in [0.3, 0.4) is 0 Å². The van der Waals surface area contributed by atoms with E-state index in [0.717, 1.165) is 24.2 Å². The van der Waals surface area contributed by atoms with Gasteiger partial charge in [-0.05, 0) is 37.5 Å². The lowest BCUT2D eigenvalue weighted by molar-refractivity contribution is 0.101. The Balaban J connectivity index is 2.51. The number of Topliss-reactive ketones (excluding diaryl/α,β-unsaturated/α-hetero) is 1. The Morgan fingerprint density at radius 3 is 3.00 bits per heavy atom. The first-order chi connectivity index (χ1) is 6.68. The molecule has 1 aromatic rings. The first-order valence-electron chi connectivity index (χ1n) is 4.64. The molecule has 0 atom stereocenters. The number of fused-ring (bicyclic) bond motifs is 1. The Labute approximate surface area is 87.8 Å². The number of carbonyl (C=O) groups excluding carboxylic acids is 1. The van der Waals surface area contributed by atoms with Gasteiger partial charge in [0.1, 0.15) is 5.75 Å². The molecule has 0 bridgehead atoms. The second kappa shape index (κ2) is 3.62. The molecule has 0 saturated heterocycles. The molecule has 14 heavy (non-hydrogen) atoms. The highest BCUT2D eigenvalue weighted by Gasteiger charge is 2.16. The monoisotopic (exact) mass is 210 g/mol. The molecule has 1 heterocycles. The number of benzene rings is 1. The minimum absolute atomic E-state index is 0.0419. The summed E-state index contributed by atoms with van der Waals surface area (Å²) in [6.07, 6.45) is 1.93. The van der Waals surface area contributed by atoms with Crippen molar-refractivity contribution in [2.75, 3.05) is 6.61 Å². The SMILES string of the molecule is CC(=O)c1cc(Cl)c2c(c1)CCCO2. The van der Waals surface area contributed by atoms with Crippen molar-refractivity contribution in [2.45, 2.75) is 19.8 Å². The molecular formula is C11H11ClO2. The largest absolute Gasteiger partial charge is 0.492 e. The molecule has 2 rings (SSSR count). The molecule has 0 unspecified atom stereocenters. The van der Waals surface area contributed by atoms with Crippen molar-refractivity contribution in [3.63, 3.8) is 0 Å². The van der Waals surface area contributed by atoms with E-state index in [9.17, 15) is 4.79 Å². The Bertz CT molecular complexity index is 385. The van der Waals surface area contributed by atoms with Gasteiger partial charge in [-0.2, -0.15) is 0 Å². The minimum atomic E-state index is 0.0419. The summed E-state index contributed by atoms with van der Waals surface area (Å²) in [5.74, 6) is 0.795. The molecule has 0 radical (unpaired) electrons. The molecule has 2 nitrogen and oxygen atoms in total. The van der Waals surface area contributed by atoms with Crippen molar-refractivity contribution in [3.8, 4) is 5.75 Å². The fourth-order valence-corrected chi connectivity index (χ4v) is 1.93. The van der Waals surface area contributed by atoms with Crippen LogP contribution in [0, 0.1) is 0 Å². The van der Waals surface area contributed by atoms with Gasteiger partial charge in [-0.1, -0.05) is 11.6 Å². The summed E-state index contributed by atoms with van der Waals surface area (Å²) in [5.41, 5.74) is 1.72. The highest BCUT2D eigenvalue weighted by Crippen LogP contribution is 2.33. The molecule has 0 aliphatic carbocycles. The second-order valence-electron chi connectivity index (χ2n) is 3.45. The molecule has 1 aliphatic rings. The normalized spacial score (nSPS) is 14.4. The second-order valence-corrected chi connectivity index (χ2v) is 3.86. The molecule has 3 heteroatoms. The average Bonchev–Trinajstić information content (AvgIpc) is 2.17. The Morgan fingerprint density at radius 2 is 2.29 bits per heavy atom. The summed E-state index contributed by atoms with van der Waals surface area (Å²) >= 11 is 6.01. The van der Waals surface area contributed by atoms with Crippen molar-refractivity contribution in [1.29, 1.82) is 0 Å². The van der Waals surface area contributed by atoms with E-state index in [1.54, 1.807) is 13.0 Å². The van der Waals surface area contributed by atoms with E-state index in [2.05, 4.69) is 0 Å². The van der Waals surface area contributed by atoms with Crippen LogP contribution in [0.2, 0.25) is 5.02 Å². The summed E-state index contributed by atoms with van der Waals surface area (Å²) in [5, 5.41) is 0.549. The lowest BCUT2D eigenvalue weighted by Gasteiger charge is -2.18. The number of hydrogen-bond acceptors (Lipinski definition) is 2. The van der Waals surface area contributed by atoms with Gasteiger partial charge < -0.3 is 4.74 Å². The first-order valence-corrected chi connectivity index (χ1v) is 5.02. The zero-order valence-corrected chi connectivity index (χ0v) is 8.73. The van der Waals surface area contributed by atoms with Crippen LogP contribution < -0.4 is 4.74 Å². The van der Waals surface area contributed by atoms with E-state index >= 15 is 0 Å². The molecule has 0 N–H and O–H groups in total. The molecule has 0 spiro atoms. The van der Waals surface area contributed by atoms with Gasteiger partial charge in [0, 0.05) is 5.56 Å². The Kier molecular flexibility index (Phi) is 2.46. The van der Waals surface area contributed by atoms with E-state index < -0.39 is 0 Å². The van der Waals surface area contributed by atoms with Gasteiger partial charge in [-0.3, -0.25) is 4.79 Å². The zero-order chi connectivity index (χ0) is 10.1. The number of hydrogen-bond donors (Lipinski definition) is 0. The van der Waals surface area contributed by atoms with Crippen molar-refractivity contribution < 1.29 is 9.53 Å². The highest BCUT2D eigenvalue weighted by atomic mass is 35.5. The summed E-state index contributed by atoms with van der Waals surface area (Å²) < 4.78 is 5.45. The quantitative estimate of drug-likeness (QED) is 0.667. The van der Waals surface area contributed by atoms with E-state index in [4.69, 9.17) is 16.3 Å². The maximum atomic E-state index is 11.2. The van der Waals surface area contributed by atoms with Gasteiger partial charge in [0.15, 0.2) is 5.78 Å². The summed E-state index contributed by atoms with van der Waals surface area (Å²) in [6.45, 7) is 2.26. The van der Waals surface area contributed by atoms with Crippen LogP contribution in [0.25, 0.3) is 0 Å². The number of ether oxygens (including phenoxy) is 1. The number of ketones is 1. The van der Waals surface area contributed by atoms with Gasteiger partial charge >= 0.3 is 0 Å². The maximum absolute atomic E-state index is 11.2. The average molecular weight is 211 g/mol. The summed E-state index contributed by atoms with van der Waals surface area (Å²) in [7, 11) is 0. The van der Waals surface area contributed by atoms with E-state index in [1.165, 1.54) is 0 Å². The van der Waals surface area contributed by atoms with Crippen molar-refractivity contribution in [3.05, 3.63) is 28.3 Å². The summed E-state index contributed by atoms with van der Waals surface area (Å²) in [4.78, 5) is 11.2. The van der Waals surface area contributed by atoms with Gasteiger partial charge in [0.05, 0.1) is 11.6 Å². The standard InChI is InChI=1S/C11H11ClO2/c1-7(13)9-5-8-3-2-4-14-11(8)10(12)6-9/h5-6H,2-4H2,1H3. The highest BCUT2D eigenvalue weighted by molar-refractivity contribution is 6.32. The predicted octanol–water partition coefficient (Wildman–Crippen LogP) is 2.87. The third-order valence-corrected chi connectivity index (χ3v) is 2.64. The molecule has 0 amide bonds. The van der Waals surface area contributed by atoms with Crippen LogP contribution >= 0.6 is 11.6 Å². The van der Waals surface area contributed by atoms with Crippen LogP contribution in [0.15, 0.2) is 12.1 Å². The minimum Gasteiger partial charge on any atom is -0.492 e. The van der Waals surface area contributed by atoms with Crippen LogP contribution in [-0.2, 0) is 6.42 Å². The molecule has 74 valence electrons. The zero-order valence-electron chi connectivity index (χ0n) is 7.97. The van der Waals surface area contributed by atoms with E-state index in [1.807, 2.05) is 6.07 Å². The molecular weight excluding hydrogens is 200 g/mol. The molecule has 1 aromatic carbocycles. The van der Waals surface area contributed by atoms with E-state index in [0.29, 0.717) is 17.2 Å². The molecule has 0 saturated carbocycles. The number of carbonyl (C=O) groups is 1. The Hall–Kier alpha value is -1.02. The van der Waals surface area contributed by atoms with Gasteiger partial charge in [-0.25, -0.2) is 0 Å². The molecule has 1 aliphatic heterocycles. The topological polar surface area (TPSA) is 26.3 Å². The van der Waals surface area contributed by atoms with Gasteiger partial charge in [0.2, 0.25) is 0 Å². The van der Waals surface area contributed by atoms with Crippen molar-refractivity contribution in [1.82, 2.24) is 0 Å². The van der Waals surface area contributed by atoms with Crippen LogP contribution in [-0.4, -0.2) is 12.4 Å². The van der Waals surface area contributed by atoms with Gasteiger partial charge in [0.25, 0.3) is 0 Å². The number of aryl methyl sites for hydroxylation is 1. The Morgan fingerprint density at radius 1 is 1.50 bits per heavy atom. The fraction of sp³-hybridized carbons (Fsp3) is 0.364. The van der Waals surface area contributed by atoms with Crippen LogP contribution in [0.1, 0.15) is 29.3 Å². The number of rotatable bonds is 1. The van der Waals surface area contributed by atoms with Crippen molar-refractivity contribution >= 4 is 17.4 Å². The predicted molar refractivity (Wildman–Crippen MR) is 55.3 cm³/mol. The first kappa shape index (κ1) is 9.53. The van der Waals surface area contributed by atoms with Gasteiger partial charge in [-0.15, -0.1) is 0 Å². The molecule has 0 fully saturated rings. The maximum Gasteiger partial charge on any atom is 0.159 e. The summed E-state index contributed by atoms with van der Waals surface area (Å²) in [6, 6.07) is 3.55. The van der Waals surface area contributed by atoms with Crippen LogP contribution in [0.4, 0.5) is 0 Å². The van der Waals surface area contributed by atoms with Crippen molar-refractivity contribution in [2.24, 2.45) is 0 Å². The lowest BCUT2D eigenvalue weighted by atomic mass is 10.0. The van der Waals surface area contributed by atoms with Crippen LogP contribution in [0.5, 0.6) is 5.75 Å². The van der Waals surface area contributed by atoms with E-state index in [-0.39, 0.29) is 5.78 Å². The third-order valence-electron chi connectivity index (χ3n) is 2.36.